The first-order valence-electron chi connectivity index (χ1n) is 4.10. The fraction of sp³-hybridized carbons (Fsp3) is 0.875. The third-order valence-corrected chi connectivity index (χ3v) is 2.19. The van der Waals surface area contributed by atoms with Crippen LogP contribution in [0.5, 0.6) is 0 Å². The first-order chi connectivity index (χ1) is 4.79. The van der Waals surface area contributed by atoms with Crippen LogP contribution >= 0.6 is 0 Å². The fourth-order valence-electron chi connectivity index (χ4n) is 1.51. The minimum atomic E-state index is 0.258. The van der Waals surface area contributed by atoms with Gasteiger partial charge >= 0.3 is 0 Å². The smallest absolute Gasteiger partial charge is 0.225 e. The maximum atomic E-state index is 10.9. The summed E-state index contributed by atoms with van der Waals surface area (Å²) < 4.78 is 0. The molecular formula is C8H15NO. The molecule has 0 saturated carbocycles. The summed E-state index contributed by atoms with van der Waals surface area (Å²) in [5, 5.41) is 2.89. The Balaban J connectivity index is 2.32. The Kier molecular flexibility index (Phi) is 2.30. The molecule has 1 fully saturated rings. The summed E-state index contributed by atoms with van der Waals surface area (Å²) in [6.45, 7) is 4.24. The van der Waals surface area contributed by atoms with Crippen molar-refractivity contribution < 1.29 is 4.79 Å². The third-order valence-electron chi connectivity index (χ3n) is 2.19. The molecule has 1 saturated heterocycles. The van der Waals surface area contributed by atoms with E-state index >= 15 is 0 Å². The molecule has 2 unspecified atom stereocenters. The van der Waals surface area contributed by atoms with Crippen molar-refractivity contribution in [2.45, 2.75) is 39.2 Å². The van der Waals surface area contributed by atoms with Crippen molar-refractivity contribution in [3.8, 4) is 0 Å². The SMILES string of the molecule is CCCC1C(=O)NC1CC. The molecule has 1 N–H and O–H groups in total. The lowest BCUT2D eigenvalue weighted by Crippen LogP contribution is -2.57. The highest BCUT2D eigenvalue weighted by molar-refractivity contribution is 5.85. The molecule has 0 aromatic heterocycles. The number of nitrogens with one attached hydrogen (secondary N) is 1. The van der Waals surface area contributed by atoms with Gasteiger partial charge in [0, 0.05) is 6.04 Å². The monoisotopic (exact) mass is 141 g/mol. The molecular weight excluding hydrogens is 126 g/mol. The standard InChI is InChI=1S/C8H15NO/c1-3-5-6-7(4-2)9-8(6)10/h6-7H,3-5H2,1-2H3,(H,9,10). The number of β-lactam (4-membered cyclic amide) rings is 1. The Morgan fingerprint density at radius 2 is 2.20 bits per heavy atom. The first-order valence-corrected chi connectivity index (χ1v) is 4.10. The van der Waals surface area contributed by atoms with Gasteiger partial charge in [-0.25, -0.2) is 0 Å². The van der Waals surface area contributed by atoms with E-state index in [4.69, 9.17) is 0 Å². The van der Waals surface area contributed by atoms with Gasteiger partial charge in [0.25, 0.3) is 0 Å². The number of rotatable bonds is 3. The first kappa shape index (κ1) is 7.58. The molecule has 1 aliphatic heterocycles. The third kappa shape index (κ3) is 1.15. The highest BCUT2D eigenvalue weighted by Crippen LogP contribution is 2.22. The van der Waals surface area contributed by atoms with Crippen LogP contribution in [0, 0.1) is 5.92 Å². The van der Waals surface area contributed by atoms with Crippen molar-refractivity contribution in [2.75, 3.05) is 0 Å². The molecule has 1 heterocycles. The summed E-state index contributed by atoms with van der Waals surface area (Å²) in [6.07, 6.45) is 3.26. The zero-order valence-corrected chi connectivity index (χ0v) is 6.68. The van der Waals surface area contributed by atoms with Gasteiger partial charge in [0.2, 0.25) is 5.91 Å². The van der Waals surface area contributed by atoms with Gasteiger partial charge in [0.05, 0.1) is 5.92 Å². The molecule has 0 bridgehead atoms. The van der Waals surface area contributed by atoms with E-state index in [0.29, 0.717) is 12.0 Å². The zero-order chi connectivity index (χ0) is 7.56. The van der Waals surface area contributed by atoms with Crippen LogP contribution < -0.4 is 5.32 Å². The normalized spacial score (nSPS) is 31.2. The number of hydrogen-bond acceptors (Lipinski definition) is 1. The van der Waals surface area contributed by atoms with Crippen LogP contribution in [0.2, 0.25) is 0 Å². The van der Waals surface area contributed by atoms with Crippen molar-refractivity contribution in [3.63, 3.8) is 0 Å². The maximum absolute atomic E-state index is 10.9. The van der Waals surface area contributed by atoms with Crippen LogP contribution in [-0.2, 0) is 4.79 Å². The Hall–Kier alpha value is -0.530. The molecule has 2 nitrogen and oxygen atoms in total. The van der Waals surface area contributed by atoms with Crippen LogP contribution in [0.4, 0.5) is 0 Å². The van der Waals surface area contributed by atoms with Gasteiger partial charge in [-0.2, -0.15) is 0 Å². The van der Waals surface area contributed by atoms with E-state index < -0.39 is 0 Å². The Morgan fingerprint density at radius 1 is 1.50 bits per heavy atom. The lowest BCUT2D eigenvalue weighted by Gasteiger charge is -2.36. The quantitative estimate of drug-likeness (QED) is 0.590. The molecule has 10 heavy (non-hydrogen) atoms. The van der Waals surface area contributed by atoms with E-state index in [-0.39, 0.29) is 5.91 Å². The van der Waals surface area contributed by atoms with E-state index in [1.54, 1.807) is 0 Å². The summed E-state index contributed by atoms with van der Waals surface area (Å²) in [6, 6.07) is 0.479. The number of hydrogen-bond donors (Lipinski definition) is 1. The van der Waals surface area contributed by atoms with E-state index in [1.165, 1.54) is 0 Å². The Labute approximate surface area is 62.0 Å². The van der Waals surface area contributed by atoms with Crippen LogP contribution in [-0.4, -0.2) is 11.9 Å². The molecule has 1 aliphatic rings. The summed E-state index contributed by atoms with van der Waals surface area (Å²) in [5.74, 6) is 0.587. The largest absolute Gasteiger partial charge is 0.352 e. The van der Waals surface area contributed by atoms with Gasteiger partial charge in [-0.05, 0) is 12.8 Å². The molecule has 0 aromatic rings. The van der Waals surface area contributed by atoms with Gasteiger partial charge in [-0.15, -0.1) is 0 Å². The molecule has 2 atom stereocenters. The predicted octanol–water partition coefficient (Wildman–Crippen LogP) is 1.31. The summed E-state index contributed by atoms with van der Waals surface area (Å²) >= 11 is 0. The van der Waals surface area contributed by atoms with E-state index in [1.807, 2.05) is 0 Å². The molecule has 0 aliphatic carbocycles. The number of carbonyl (C=O) groups is 1. The minimum absolute atomic E-state index is 0.258. The fourth-order valence-corrected chi connectivity index (χ4v) is 1.51. The van der Waals surface area contributed by atoms with Crippen LogP contribution in [0.3, 0.4) is 0 Å². The van der Waals surface area contributed by atoms with Gasteiger partial charge in [-0.3, -0.25) is 4.79 Å². The molecule has 1 rings (SSSR count). The van der Waals surface area contributed by atoms with Gasteiger partial charge in [0.15, 0.2) is 0 Å². The molecule has 0 spiro atoms. The van der Waals surface area contributed by atoms with Crippen molar-refractivity contribution in [1.82, 2.24) is 5.32 Å². The van der Waals surface area contributed by atoms with Gasteiger partial charge < -0.3 is 5.32 Å². The van der Waals surface area contributed by atoms with Crippen LogP contribution in [0.1, 0.15) is 33.1 Å². The van der Waals surface area contributed by atoms with Crippen molar-refractivity contribution in [1.29, 1.82) is 0 Å². The summed E-state index contributed by atoms with van der Waals surface area (Å²) in [7, 11) is 0. The van der Waals surface area contributed by atoms with E-state index in [9.17, 15) is 4.79 Å². The van der Waals surface area contributed by atoms with Crippen LogP contribution in [0.15, 0.2) is 0 Å². The predicted molar refractivity (Wildman–Crippen MR) is 40.6 cm³/mol. The van der Waals surface area contributed by atoms with Gasteiger partial charge in [-0.1, -0.05) is 20.3 Å². The summed E-state index contributed by atoms with van der Waals surface area (Å²) in [5.41, 5.74) is 0. The van der Waals surface area contributed by atoms with E-state index in [0.717, 1.165) is 19.3 Å². The van der Waals surface area contributed by atoms with Crippen molar-refractivity contribution in [2.24, 2.45) is 5.92 Å². The van der Waals surface area contributed by atoms with Crippen molar-refractivity contribution in [3.05, 3.63) is 0 Å². The Morgan fingerprint density at radius 3 is 2.60 bits per heavy atom. The lowest BCUT2D eigenvalue weighted by atomic mass is 9.85. The molecule has 2 heteroatoms. The van der Waals surface area contributed by atoms with Gasteiger partial charge in [0.1, 0.15) is 0 Å². The Bertz CT molecular complexity index is 133. The lowest BCUT2D eigenvalue weighted by molar-refractivity contribution is -0.135. The topological polar surface area (TPSA) is 29.1 Å². The maximum Gasteiger partial charge on any atom is 0.225 e. The average molecular weight is 141 g/mol. The highest BCUT2D eigenvalue weighted by atomic mass is 16.2. The highest BCUT2D eigenvalue weighted by Gasteiger charge is 2.36. The second-order valence-electron chi connectivity index (χ2n) is 2.92. The van der Waals surface area contributed by atoms with E-state index in [2.05, 4.69) is 19.2 Å². The molecule has 0 radical (unpaired) electrons. The zero-order valence-electron chi connectivity index (χ0n) is 6.68. The molecule has 0 aromatic carbocycles. The number of amides is 1. The second kappa shape index (κ2) is 3.04. The van der Waals surface area contributed by atoms with Crippen LogP contribution in [0.25, 0.3) is 0 Å². The molecule has 1 amide bonds. The average Bonchev–Trinajstić information content (AvgIpc) is 1.95. The second-order valence-corrected chi connectivity index (χ2v) is 2.92. The van der Waals surface area contributed by atoms with Crippen molar-refractivity contribution >= 4 is 5.91 Å². The number of carbonyl (C=O) groups excluding carboxylic acids is 1. The molecule has 58 valence electrons. The summed E-state index contributed by atoms with van der Waals surface area (Å²) in [4.78, 5) is 10.9. The minimum Gasteiger partial charge on any atom is -0.352 e.